The van der Waals surface area contributed by atoms with Gasteiger partial charge in [-0.05, 0) is 62.2 Å². The molecule has 148 valence electrons. The Bertz CT molecular complexity index is 888. The summed E-state index contributed by atoms with van der Waals surface area (Å²) < 4.78 is 11.1. The molecular formula is C23H29N3O2. The number of rotatable bonds is 7. The van der Waals surface area contributed by atoms with E-state index in [0.29, 0.717) is 19.1 Å². The summed E-state index contributed by atoms with van der Waals surface area (Å²) in [6, 6.07) is 12.9. The van der Waals surface area contributed by atoms with Gasteiger partial charge in [-0.2, -0.15) is 0 Å². The lowest BCUT2D eigenvalue weighted by molar-refractivity contribution is 0.131. The lowest BCUT2D eigenvalue weighted by Gasteiger charge is -2.32. The van der Waals surface area contributed by atoms with E-state index in [0.717, 1.165) is 36.6 Å². The fourth-order valence-electron chi connectivity index (χ4n) is 4.17. The molecule has 1 aliphatic rings. The Morgan fingerprint density at radius 3 is 3.00 bits per heavy atom. The number of aromatic amines is 1. The van der Waals surface area contributed by atoms with E-state index in [2.05, 4.69) is 45.2 Å². The van der Waals surface area contributed by atoms with Crippen molar-refractivity contribution in [1.29, 1.82) is 0 Å². The van der Waals surface area contributed by atoms with E-state index >= 15 is 0 Å². The minimum Gasteiger partial charge on any atom is -0.496 e. The van der Waals surface area contributed by atoms with Crippen molar-refractivity contribution < 1.29 is 9.47 Å². The number of likely N-dealkylation sites (tertiary alicyclic amines) is 1. The summed E-state index contributed by atoms with van der Waals surface area (Å²) in [5.74, 6) is 1.43. The van der Waals surface area contributed by atoms with Gasteiger partial charge in [-0.25, -0.2) is 4.98 Å². The highest BCUT2D eigenvalue weighted by Crippen LogP contribution is 2.30. The van der Waals surface area contributed by atoms with Gasteiger partial charge in [0.1, 0.15) is 11.4 Å². The molecule has 5 nitrogen and oxygen atoms in total. The van der Waals surface area contributed by atoms with Crippen LogP contribution in [0.1, 0.15) is 42.5 Å². The summed E-state index contributed by atoms with van der Waals surface area (Å²) in [6.07, 6.45) is 4.29. The first-order valence-electron chi connectivity index (χ1n) is 10.2. The number of methoxy groups -OCH3 is 1. The van der Waals surface area contributed by atoms with Crippen molar-refractivity contribution in [3.05, 3.63) is 59.4 Å². The van der Waals surface area contributed by atoms with Crippen LogP contribution >= 0.6 is 0 Å². The van der Waals surface area contributed by atoms with Gasteiger partial charge in [-0.15, -0.1) is 0 Å². The van der Waals surface area contributed by atoms with Crippen LogP contribution in [0.4, 0.5) is 0 Å². The Hall–Kier alpha value is -2.37. The molecule has 1 saturated heterocycles. The Morgan fingerprint density at radius 2 is 2.18 bits per heavy atom. The van der Waals surface area contributed by atoms with Gasteiger partial charge < -0.3 is 14.5 Å². The highest BCUT2D eigenvalue weighted by atomic mass is 16.5. The predicted octanol–water partition coefficient (Wildman–Crippen LogP) is 4.49. The number of pyridine rings is 1. The van der Waals surface area contributed by atoms with E-state index in [1.807, 2.05) is 19.2 Å². The zero-order valence-corrected chi connectivity index (χ0v) is 16.8. The number of hydrogen-bond donors (Lipinski definition) is 1. The number of hydrogen-bond acceptors (Lipinski definition) is 4. The molecule has 0 amide bonds. The molecule has 0 radical (unpaired) electrons. The first-order valence-corrected chi connectivity index (χ1v) is 10.2. The third-order valence-corrected chi connectivity index (χ3v) is 5.57. The Balaban J connectivity index is 1.46. The number of H-pyrrole nitrogens is 1. The molecule has 1 unspecified atom stereocenters. The molecule has 1 atom stereocenters. The number of fused-ring (bicyclic) bond motifs is 1. The zero-order chi connectivity index (χ0) is 19.3. The largest absolute Gasteiger partial charge is 0.496 e. The lowest BCUT2D eigenvalue weighted by Crippen LogP contribution is -2.34. The first-order chi connectivity index (χ1) is 13.8. The van der Waals surface area contributed by atoms with Crippen LogP contribution in [0.2, 0.25) is 0 Å². The van der Waals surface area contributed by atoms with Gasteiger partial charge in [0.05, 0.1) is 13.7 Å². The molecule has 1 aliphatic heterocycles. The van der Waals surface area contributed by atoms with Crippen LogP contribution in [0.3, 0.4) is 0 Å². The summed E-state index contributed by atoms with van der Waals surface area (Å²) in [5.41, 5.74) is 4.74. The number of nitrogens with zero attached hydrogens (tertiary/aromatic N) is 2. The number of aromatic nitrogens is 2. The second kappa shape index (κ2) is 8.76. The lowest BCUT2D eigenvalue weighted by atomic mass is 9.94. The molecule has 1 N–H and O–H groups in total. The summed E-state index contributed by atoms with van der Waals surface area (Å²) in [5, 5.41) is 1.20. The normalized spacial score (nSPS) is 17.9. The fourth-order valence-corrected chi connectivity index (χ4v) is 4.17. The third kappa shape index (κ3) is 4.21. The van der Waals surface area contributed by atoms with E-state index in [9.17, 15) is 0 Å². The predicted molar refractivity (Wildman–Crippen MR) is 112 cm³/mol. The van der Waals surface area contributed by atoms with Gasteiger partial charge in [0, 0.05) is 48.5 Å². The van der Waals surface area contributed by atoms with Gasteiger partial charge in [0.2, 0.25) is 0 Å². The number of benzene rings is 1. The minimum absolute atomic E-state index is 0.532. The molecule has 28 heavy (non-hydrogen) atoms. The van der Waals surface area contributed by atoms with E-state index < -0.39 is 0 Å². The average molecular weight is 380 g/mol. The quantitative estimate of drug-likeness (QED) is 0.657. The van der Waals surface area contributed by atoms with Crippen molar-refractivity contribution in [3.8, 4) is 5.75 Å². The van der Waals surface area contributed by atoms with Gasteiger partial charge in [-0.1, -0.05) is 6.07 Å². The molecule has 2 aromatic heterocycles. The standard InChI is InChI=1S/C23H29N3O2/c1-3-28-16-20-12-17(8-9-22(20)27-2)14-26-11-5-7-19(15-26)21-13-18-6-4-10-24-23(18)25-21/h4,6,8-10,12-13,19H,3,5,7,11,14-16H2,1-2H3,(H,24,25). The zero-order valence-electron chi connectivity index (χ0n) is 16.8. The summed E-state index contributed by atoms with van der Waals surface area (Å²) in [4.78, 5) is 10.5. The molecule has 0 saturated carbocycles. The fraction of sp³-hybridized carbons (Fsp3) is 0.435. The molecule has 0 aliphatic carbocycles. The Morgan fingerprint density at radius 1 is 1.25 bits per heavy atom. The number of ether oxygens (including phenoxy) is 2. The van der Waals surface area contributed by atoms with Crippen molar-refractivity contribution in [2.24, 2.45) is 0 Å². The van der Waals surface area contributed by atoms with Gasteiger partial charge in [0.15, 0.2) is 0 Å². The summed E-state index contributed by atoms with van der Waals surface area (Å²) in [7, 11) is 1.72. The first kappa shape index (κ1) is 19.0. The summed E-state index contributed by atoms with van der Waals surface area (Å²) >= 11 is 0. The maximum absolute atomic E-state index is 5.61. The van der Waals surface area contributed by atoms with Gasteiger partial charge in [-0.3, -0.25) is 4.90 Å². The second-order valence-electron chi connectivity index (χ2n) is 7.52. The van der Waals surface area contributed by atoms with Crippen LogP contribution in [0, 0.1) is 0 Å². The third-order valence-electron chi connectivity index (χ3n) is 5.57. The SMILES string of the molecule is CCOCc1cc(CN2CCCC(c3cc4cccnc4[nH]3)C2)ccc1OC. The maximum Gasteiger partial charge on any atom is 0.137 e. The smallest absolute Gasteiger partial charge is 0.137 e. The molecule has 3 heterocycles. The van der Waals surface area contributed by atoms with E-state index in [4.69, 9.17) is 9.47 Å². The molecule has 5 heteroatoms. The Labute approximate surface area is 166 Å². The number of piperidine rings is 1. The maximum atomic E-state index is 5.61. The van der Waals surface area contributed by atoms with Crippen LogP contribution < -0.4 is 4.74 Å². The van der Waals surface area contributed by atoms with Crippen molar-refractivity contribution in [1.82, 2.24) is 14.9 Å². The molecule has 1 fully saturated rings. The van der Waals surface area contributed by atoms with Crippen molar-refractivity contribution >= 4 is 11.0 Å². The molecule has 1 aromatic carbocycles. The van der Waals surface area contributed by atoms with E-state index in [-0.39, 0.29) is 0 Å². The minimum atomic E-state index is 0.532. The van der Waals surface area contributed by atoms with Crippen LogP contribution in [0.15, 0.2) is 42.6 Å². The molecule has 0 bridgehead atoms. The molecule has 0 spiro atoms. The highest BCUT2D eigenvalue weighted by Gasteiger charge is 2.23. The Kier molecular flexibility index (Phi) is 5.93. The second-order valence-corrected chi connectivity index (χ2v) is 7.52. The van der Waals surface area contributed by atoms with Crippen LogP contribution in [-0.4, -0.2) is 41.7 Å². The van der Waals surface area contributed by atoms with Crippen molar-refractivity contribution in [2.45, 2.75) is 38.8 Å². The molecular weight excluding hydrogens is 350 g/mol. The molecule has 4 rings (SSSR count). The monoisotopic (exact) mass is 379 g/mol. The van der Waals surface area contributed by atoms with Crippen LogP contribution in [0.5, 0.6) is 5.75 Å². The molecule has 3 aromatic rings. The highest BCUT2D eigenvalue weighted by molar-refractivity contribution is 5.76. The average Bonchev–Trinajstić information content (AvgIpc) is 3.17. The van der Waals surface area contributed by atoms with Crippen LogP contribution in [-0.2, 0) is 17.9 Å². The van der Waals surface area contributed by atoms with Gasteiger partial charge in [0.25, 0.3) is 0 Å². The van der Waals surface area contributed by atoms with E-state index in [1.165, 1.54) is 29.5 Å². The van der Waals surface area contributed by atoms with E-state index in [1.54, 1.807) is 7.11 Å². The van der Waals surface area contributed by atoms with Crippen molar-refractivity contribution in [2.75, 3.05) is 26.8 Å². The van der Waals surface area contributed by atoms with Crippen molar-refractivity contribution in [3.63, 3.8) is 0 Å². The topological polar surface area (TPSA) is 50.4 Å². The number of nitrogens with one attached hydrogen (secondary N) is 1. The van der Waals surface area contributed by atoms with Gasteiger partial charge >= 0.3 is 0 Å². The van der Waals surface area contributed by atoms with Crippen LogP contribution in [0.25, 0.3) is 11.0 Å². The summed E-state index contributed by atoms with van der Waals surface area (Å²) in [6.45, 7) is 6.49.